The normalized spacial score (nSPS) is 13.3. The Hall–Kier alpha value is -3.95. The summed E-state index contributed by atoms with van der Waals surface area (Å²) in [4.78, 5) is 39.5. The average Bonchev–Trinajstić information content (AvgIpc) is 3.17. The number of benzene rings is 2. The molecule has 1 N–H and O–H groups in total. The molecule has 10 nitrogen and oxygen atoms in total. The standard InChI is InChI=1S/C19H16N4O6/c1-11(12-2-5-16-17(6-12)29-10-28-16)21-18(24)8-22-9-20-15-4-3-13(23(26)27)7-14(15)19(22)25/h2-7,9,11H,8,10H2,1H3,(H,21,24)/t11-/m0/s1. The number of rotatable bonds is 5. The molecule has 0 saturated carbocycles. The third kappa shape index (κ3) is 3.59. The van der Waals surface area contributed by atoms with Gasteiger partial charge in [-0.25, -0.2) is 4.98 Å². The Balaban J connectivity index is 1.52. The number of ether oxygens (including phenoxy) is 2. The van der Waals surface area contributed by atoms with Crippen LogP contribution < -0.4 is 20.3 Å². The minimum Gasteiger partial charge on any atom is -0.454 e. The Kier molecular flexibility index (Phi) is 4.59. The first-order valence-corrected chi connectivity index (χ1v) is 8.75. The molecule has 0 radical (unpaired) electrons. The molecule has 0 spiro atoms. The molecule has 148 valence electrons. The zero-order valence-corrected chi connectivity index (χ0v) is 15.3. The second-order valence-electron chi connectivity index (χ2n) is 6.54. The van der Waals surface area contributed by atoms with Crippen molar-refractivity contribution in [3.63, 3.8) is 0 Å². The van der Waals surface area contributed by atoms with Crippen molar-refractivity contribution in [3.05, 3.63) is 68.8 Å². The van der Waals surface area contributed by atoms with E-state index in [9.17, 15) is 19.7 Å². The average molecular weight is 396 g/mol. The number of amides is 1. The van der Waals surface area contributed by atoms with Crippen molar-refractivity contribution in [1.82, 2.24) is 14.9 Å². The fourth-order valence-corrected chi connectivity index (χ4v) is 3.08. The summed E-state index contributed by atoms with van der Waals surface area (Å²) in [5.41, 5.74) is 0.410. The van der Waals surface area contributed by atoms with Crippen LogP contribution in [-0.4, -0.2) is 27.2 Å². The SMILES string of the molecule is C[C@H](NC(=O)Cn1cnc2ccc([N+](=O)[O-])cc2c1=O)c1ccc2c(c1)OCO2. The highest BCUT2D eigenvalue weighted by atomic mass is 16.7. The van der Waals surface area contributed by atoms with Crippen LogP contribution in [0.2, 0.25) is 0 Å². The summed E-state index contributed by atoms with van der Waals surface area (Å²) in [5.74, 6) is 0.860. The Bertz CT molecular complexity index is 1190. The molecule has 29 heavy (non-hydrogen) atoms. The van der Waals surface area contributed by atoms with Crippen LogP contribution in [0.1, 0.15) is 18.5 Å². The van der Waals surface area contributed by atoms with E-state index in [1.165, 1.54) is 18.5 Å². The molecule has 10 heteroatoms. The Morgan fingerprint density at radius 3 is 2.86 bits per heavy atom. The fraction of sp³-hybridized carbons (Fsp3) is 0.211. The second kappa shape index (κ2) is 7.23. The Morgan fingerprint density at radius 2 is 2.07 bits per heavy atom. The third-order valence-corrected chi connectivity index (χ3v) is 4.61. The van der Waals surface area contributed by atoms with Gasteiger partial charge in [-0.05, 0) is 30.7 Å². The number of carbonyl (C=O) groups is 1. The van der Waals surface area contributed by atoms with Gasteiger partial charge in [-0.2, -0.15) is 0 Å². The third-order valence-electron chi connectivity index (χ3n) is 4.61. The van der Waals surface area contributed by atoms with Crippen LogP contribution in [0.15, 0.2) is 47.5 Å². The van der Waals surface area contributed by atoms with E-state index >= 15 is 0 Å². The minimum atomic E-state index is -0.587. The van der Waals surface area contributed by atoms with Crippen LogP contribution >= 0.6 is 0 Å². The Morgan fingerprint density at radius 1 is 1.28 bits per heavy atom. The number of nitrogens with one attached hydrogen (secondary N) is 1. The molecule has 0 saturated heterocycles. The van der Waals surface area contributed by atoms with Gasteiger partial charge >= 0.3 is 0 Å². The van der Waals surface area contributed by atoms with Gasteiger partial charge < -0.3 is 14.8 Å². The topological polar surface area (TPSA) is 126 Å². The molecule has 1 aliphatic rings. The summed E-state index contributed by atoms with van der Waals surface area (Å²) < 4.78 is 11.7. The first kappa shape index (κ1) is 18.4. The number of nitro groups is 1. The highest BCUT2D eigenvalue weighted by Gasteiger charge is 2.18. The summed E-state index contributed by atoms with van der Waals surface area (Å²) in [5, 5.41) is 13.8. The molecule has 2 aromatic carbocycles. The maximum Gasteiger partial charge on any atom is 0.270 e. The van der Waals surface area contributed by atoms with Gasteiger partial charge in [0.2, 0.25) is 12.7 Å². The van der Waals surface area contributed by atoms with Crippen molar-refractivity contribution < 1.29 is 19.2 Å². The summed E-state index contributed by atoms with van der Waals surface area (Å²) in [6.45, 7) is 1.70. The zero-order chi connectivity index (χ0) is 20.5. The van der Waals surface area contributed by atoms with Gasteiger partial charge in [0.05, 0.1) is 28.2 Å². The molecule has 0 aliphatic carbocycles. The van der Waals surface area contributed by atoms with Gasteiger partial charge in [-0.15, -0.1) is 0 Å². The van der Waals surface area contributed by atoms with E-state index in [0.29, 0.717) is 17.0 Å². The van der Waals surface area contributed by atoms with E-state index < -0.39 is 16.4 Å². The number of hydrogen-bond acceptors (Lipinski definition) is 7. The monoisotopic (exact) mass is 396 g/mol. The summed E-state index contributed by atoms with van der Waals surface area (Å²) in [6, 6.07) is 8.89. The van der Waals surface area contributed by atoms with Crippen LogP contribution in [0.3, 0.4) is 0 Å². The summed E-state index contributed by atoms with van der Waals surface area (Å²) >= 11 is 0. The van der Waals surface area contributed by atoms with Gasteiger partial charge in [0.15, 0.2) is 11.5 Å². The number of aromatic nitrogens is 2. The van der Waals surface area contributed by atoms with Crippen molar-refractivity contribution >= 4 is 22.5 Å². The lowest BCUT2D eigenvalue weighted by Crippen LogP contribution is -2.34. The van der Waals surface area contributed by atoms with Crippen LogP contribution in [0.25, 0.3) is 10.9 Å². The van der Waals surface area contributed by atoms with Gasteiger partial charge in [0.1, 0.15) is 6.54 Å². The van der Waals surface area contributed by atoms with E-state index in [-0.39, 0.29) is 30.5 Å². The number of nitro benzene ring substituents is 1. The van der Waals surface area contributed by atoms with E-state index in [2.05, 4.69) is 10.3 Å². The van der Waals surface area contributed by atoms with Crippen molar-refractivity contribution in [3.8, 4) is 11.5 Å². The molecule has 4 rings (SSSR count). The molecule has 0 bridgehead atoms. The molecular weight excluding hydrogens is 380 g/mol. The van der Waals surface area contributed by atoms with Gasteiger partial charge in [-0.3, -0.25) is 24.3 Å². The first-order valence-electron chi connectivity index (χ1n) is 8.75. The molecule has 2 heterocycles. The Labute approximate surface area is 163 Å². The van der Waals surface area contributed by atoms with Crippen LogP contribution in [0, 0.1) is 10.1 Å². The highest BCUT2D eigenvalue weighted by Crippen LogP contribution is 2.34. The molecule has 0 fully saturated rings. The number of carbonyl (C=O) groups excluding carboxylic acids is 1. The summed E-state index contributed by atoms with van der Waals surface area (Å²) in [6.07, 6.45) is 1.25. The molecule has 1 atom stereocenters. The first-order chi connectivity index (χ1) is 13.9. The quantitative estimate of drug-likeness (QED) is 0.516. The predicted molar refractivity (Wildman–Crippen MR) is 102 cm³/mol. The van der Waals surface area contributed by atoms with Gasteiger partial charge in [-0.1, -0.05) is 6.07 Å². The predicted octanol–water partition coefficient (Wildman–Crippen LogP) is 1.91. The van der Waals surface area contributed by atoms with Crippen molar-refractivity contribution in [2.45, 2.75) is 19.5 Å². The molecule has 1 amide bonds. The van der Waals surface area contributed by atoms with E-state index in [1.54, 1.807) is 19.1 Å². The summed E-state index contributed by atoms with van der Waals surface area (Å²) in [7, 11) is 0. The lowest BCUT2D eigenvalue weighted by atomic mass is 10.1. The van der Waals surface area contributed by atoms with E-state index in [4.69, 9.17) is 9.47 Å². The molecular formula is C19H16N4O6. The van der Waals surface area contributed by atoms with Crippen LogP contribution in [-0.2, 0) is 11.3 Å². The fourth-order valence-electron chi connectivity index (χ4n) is 3.08. The largest absolute Gasteiger partial charge is 0.454 e. The number of nitrogens with zero attached hydrogens (tertiary/aromatic N) is 3. The highest BCUT2D eigenvalue weighted by molar-refractivity contribution is 5.81. The maximum atomic E-state index is 12.6. The van der Waals surface area contributed by atoms with Crippen molar-refractivity contribution in [2.75, 3.05) is 6.79 Å². The molecule has 3 aromatic rings. The van der Waals surface area contributed by atoms with Gasteiger partial charge in [0, 0.05) is 12.1 Å². The smallest absolute Gasteiger partial charge is 0.270 e. The van der Waals surface area contributed by atoms with Crippen LogP contribution in [0.4, 0.5) is 5.69 Å². The minimum absolute atomic E-state index is 0.0818. The zero-order valence-electron chi connectivity index (χ0n) is 15.3. The molecule has 1 aromatic heterocycles. The molecule has 1 aliphatic heterocycles. The lowest BCUT2D eigenvalue weighted by molar-refractivity contribution is -0.384. The number of hydrogen-bond donors (Lipinski definition) is 1. The van der Waals surface area contributed by atoms with Crippen LogP contribution in [0.5, 0.6) is 11.5 Å². The molecule has 0 unspecified atom stereocenters. The maximum absolute atomic E-state index is 12.6. The second-order valence-corrected chi connectivity index (χ2v) is 6.54. The number of non-ortho nitro benzene ring substituents is 1. The van der Waals surface area contributed by atoms with E-state index in [0.717, 1.165) is 16.2 Å². The van der Waals surface area contributed by atoms with E-state index in [1.807, 2.05) is 6.07 Å². The lowest BCUT2D eigenvalue weighted by Gasteiger charge is -2.15. The van der Waals surface area contributed by atoms with Crippen molar-refractivity contribution in [2.24, 2.45) is 0 Å². The number of fused-ring (bicyclic) bond motifs is 2. The van der Waals surface area contributed by atoms with Gasteiger partial charge in [0.25, 0.3) is 11.2 Å². The van der Waals surface area contributed by atoms with Crippen molar-refractivity contribution in [1.29, 1.82) is 0 Å².